The molecule has 0 aliphatic carbocycles. The zero-order chi connectivity index (χ0) is 17.9. The lowest BCUT2D eigenvalue weighted by Crippen LogP contribution is -2.55. The van der Waals surface area contributed by atoms with E-state index < -0.39 is 11.6 Å². The van der Waals surface area contributed by atoms with Crippen molar-refractivity contribution in [3.8, 4) is 0 Å². The molecule has 0 spiro atoms. The Morgan fingerprint density at radius 1 is 1.28 bits per heavy atom. The maximum absolute atomic E-state index is 12.7. The van der Waals surface area contributed by atoms with Crippen LogP contribution < -0.4 is 11.1 Å². The first-order chi connectivity index (χ1) is 11.2. The van der Waals surface area contributed by atoms with Gasteiger partial charge in [0.25, 0.3) is 0 Å². The lowest BCUT2D eigenvalue weighted by atomic mass is 9.92. The van der Waals surface area contributed by atoms with Gasteiger partial charge in [-0.05, 0) is 30.9 Å². The number of benzene rings is 1. The van der Waals surface area contributed by atoms with E-state index in [0.29, 0.717) is 25.9 Å². The van der Waals surface area contributed by atoms with E-state index in [9.17, 15) is 9.59 Å². The molecule has 0 radical (unpaired) electrons. The van der Waals surface area contributed by atoms with E-state index in [1.54, 1.807) is 4.90 Å². The van der Waals surface area contributed by atoms with Crippen LogP contribution in [0.15, 0.2) is 24.3 Å². The summed E-state index contributed by atoms with van der Waals surface area (Å²) in [4.78, 5) is 27.1. The Labute approximate surface area is 156 Å². The molecule has 1 aromatic rings. The number of carbonyl (C=O) groups is 2. The normalized spacial score (nSPS) is 16.9. The van der Waals surface area contributed by atoms with Crippen LogP contribution in [0.1, 0.15) is 45.2 Å². The summed E-state index contributed by atoms with van der Waals surface area (Å²) in [5.41, 5.74) is 7.74. The number of nitrogens with two attached hydrogens (primary N) is 1. The highest BCUT2D eigenvalue weighted by Gasteiger charge is 2.34. The highest BCUT2D eigenvalue weighted by molar-refractivity contribution is 5.88. The lowest BCUT2D eigenvalue weighted by Gasteiger charge is -2.37. The lowest BCUT2D eigenvalue weighted by molar-refractivity contribution is -0.142. The topological polar surface area (TPSA) is 75.4 Å². The van der Waals surface area contributed by atoms with Crippen LogP contribution in [0.3, 0.4) is 0 Å². The molecule has 5 nitrogen and oxygen atoms in total. The molecule has 1 heterocycles. The van der Waals surface area contributed by atoms with Gasteiger partial charge in [0.2, 0.25) is 11.8 Å². The maximum atomic E-state index is 12.7. The molecule has 0 saturated carbocycles. The van der Waals surface area contributed by atoms with Crippen LogP contribution in [0.25, 0.3) is 0 Å². The van der Waals surface area contributed by atoms with Gasteiger partial charge in [0.15, 0.2) is 0 Å². The number of fused-ring (bicyclic) bond motifs is 1. The molecular formula is C19H30ClN3O2. The van der Waals surface area contributed by atoms with Crippen molar-refractivity contribution < 1.29 is 9.59 Å². The van der Waals surface area contributed by atoms with Crippen LogP contribution >= 0.6 is 12.4 Å². The highest BCUT2D eigenvalue weighted by atomic mass is 35.5. The Morgan fingerprint density at radius 2 is 1.88 bits per heavy atom. The molecule has 0 aromatic heterocycles. The standard InChI is InChI=1S/C19H29N3O2.ClH/c1-13(2)9-17(23)22-11-15-8-6-5-7-14(15)10-16(22)18(24)21-12-19(3,4)20;/h5-8,13,16H,9-12,20H2,1-4H3,(H,21,24);1H. The van der Waals surface area contributed by atoms with Crippen molar-refractivity contribution in [2.75, 3.05) is 6.54 Å². The Hall–Kier alpha value is -1.59. The average Bonchev–Trinajstić information content (AvgIpc) is 2.50. The van der Waals surface area contributed by atoms with Crippen molar-refractivity contribution in [2.45, 2.75) is 58.7 Å². The Kier molecular flexibility index (Phi) is 7.44. The quantitative estimate of drug-likeness (QED) is 0.838. The molecule has 0 fully saturated rings. The van der Waals surface area contributed by atoms with Crippen molar-refractivity contribution in [1.82, 2.24) is 10.2 Å². The van der Waals surface area contributed by atoms with Gasteiger partial charge in [-0.15, -0.1) is 12.4 Å². The van der Waals surface area contributed by atoms with Crippen LogP contribution in [0.5, 0.6) is 0 Å². The molecule has 6 heteroatoms. The van der Waals surface area contributed by atoms with Gasteiger partial charge >= 0.3 is 0 Å². The number of carbonyl (C=O) groups excluding carboxylic acids is 2. The Morgan fingerprint density at radius 3 is 2.44 bits per heavy atom. The van der Waals surface area contributed by atoms with E-state index in [0.717, 1.165) is 11.1 Å². The highest BCUT2D eigenvalue weighted by Crippen LogP contribution is 2.25. The zero-order valence-corrected chi connectivity index (χ0v) is 16.4. The van der Waals surface area contributed by atoms with Gasteiger partial charge in [-0.3, -0.25) is 9.59 Å². The molecule has 25 heavy (non-hydrogen) atoms. The molecule has 1 unspecified atom stereocenters. The monoisotopic (exact) mass is 367 g/mol. The van der Waals surface area contributed by atoms with Crippen molar-refractivity contribution in [3.05, 3.63) is 35.4 Å². The predicted octanol–water partition coefficient (Wildman–Crippen LogP) is 2.26. The SMILES string of the molecule is CC(C)CC(=O)N1Cc2ccccc2CC1C(=O)NCC(C)(C)N.Cl. The fourth-order valence-electron chi connectivity index (χ4n) is 2.92. The van der Waals surface area contributed by atoms with Crippen LogP contribution in [0.2, 0.25) is 0 Å². The molecule has 2 amide bonds. The summed E-state index contributed by atoms with van der Waals surface area (Å²) >= 11 is 0. The molecule has 1 aromatic carbocycles. The molecule has 3 N–H and O–H groups in total. The number of hydrogen-bond acceptors (Lipinski definition) is 3. The van der Waals surface area contributed by atoms with Gasteiger partial charge in [0, 0.05) is 31.5 Å². The number of nitrogens with one attached hydrogen (secondary N) is 1. The summed E-state index contributed by atoms with van der Waals surface area (Å²) in [5.74, 6) is 0.174. The van der Waals surface area contributed by atoms with E-state index in [2.05, 4.69) is 5.32 Å². The van der Waals surface area contributed by atoms with Crippen LogP contribution in [0, 0.1) is 5.92 Å². The number of amides is 2. The second-order valence-corrected chi connectivity index (χ2v) is 7.81. The molecule has 0 bridgehead atoms. The molecule has 1 aliphatic rings. The smallest absolute Gasteiger partial charge is 0.243 e. The minimum absolute atomic E-state index is 0. The Bertz CT molecular complexity index is 611. The van der Waals surface area contributed by atoms with Gasteiger partial charge in [0.05, 0.1) is 0 Å². The van der Waals surface area contributed by atoms with Crippen LogP contribution in [0.4, 0.5) is 0 Å². The third kappa shape index (κ3) is 6.01. The average molecular weight is 368 g/mol. The number of rotatable bonds is 5. The summed E-state index contributed by atoms with van der Waals surface area (Å²) < 4.78 is 0. The van der Waals surface area contributed by atoms with E-state index >= 15 is 0 Å². The Balaban J connectivity index is 0.00000312. The molecule has 1 aliphatic heterocycles. The van der Waals surface area contributed by atoms with Gasteiger partial charge < -0.3 is 16.0 Å². The summed E-state index contributed by atoms with van der Waals surface area (Å²) in [7, 11) is 0. The minimum Gasteiger partial charge on any atom is -0.352 e. The van der Waals surface area contributed by atoms with Gasteiger partial charge in [0.1, 0.15) is 6.04 Å². The first-order valence-electron chi connectivity index (χ1n) is 8.60. The van der Waals surface area contributed by atoms with E-state index in [-0.39, 0.29) is 30.1 Å². The summed E-state index contributed by atoms with van der Waals surface area (Å²) in [5, 5.41) is 2.90. The molecule has 140 valence electrons. The van der Waals surface area contributed by atoms with E-state index in [1.165, 1.54) is 0 Å². The molecule has 1 atom stereocenters. The van der Waals surface area contributed by atoms with Crippen molar-refractivity contribution in [2.24, 2.45) is 11.7 Å². The zero-order valence-electron chi connectivity index (χ0n) is 15.5. The van der Waals surface area contributed by atoms with Gasteiger partial charge in [-0.1, -0.05) is 38.1 Å². The summed E-state index contributed by atoms with van der Waals surface area (Å²) in [6.07, 6.45) is 1.01. The van der Waals surface area contributed by atoms with Crippen molar-refractivity contribution in [3.63, 3.8) is 0 Å². The van der Waals surface area contributed by atoms with Crippen LogP contribution in [-0.4, -0.2) is 34.8 Å². The van der Waals surface area contributed by atoms with Crippen LogP contribution in [-0.2, 0) is 22.6 Å². The number of halogens is 1. The van der Waals surface area contributed by atoms with E-state index in [1.807, 2.05) is 52.0 Å². The molecule has 2 rings (SSSR count). The molecular weight excluding hydrogens is 338 g/mol. The third-order valence-electron chi connectivity index (χ3n) is 4.17. The largest absolute Gasteiger partial charge is 0.352 e. The van der Waals surface area contributed by atoms with Crippen molar-refractivity contribution >= 4 is 24.2 Å². The first-order valence-corrected chi connectivity index (χ1v) is 8.60. The molecule has 0 saturated heterocycles. The van der Waals surface area contributed by atoms with Gasteiger partial charge in [-0.25, -0.2) is 0 Å². The fourth-order valence-corrected chi connectivity index (χ4v) is 2.92. The maximum Gasteiger partial charge on any atom is 0.243 e. The fraction of sp³-hybridized carbons (Fsp3) is 0.579. The second kappa shape index (κ2) is 8.68. The van der Waals surface area contributed by atoms with Gasteiger partial charge in [-0.2, -0.15) is 0 Å². The van der Waals surface area contributed by atoms with Crippen molar-refractivity contribution in [1.29, 1.82) is 0 Å². The summed E-state index contributed by atoms with van der Waals surface area (Å²) in [6, 6.07) is 7.55. The number of nitrogens with zero attached hydrogens (tertiary/aromatic N) is 1. The predicted molar refractivity (Wildman–Crippen MR) is 102 cm³/mol. The first kappa shape index (κ1) is 21.5. The second-order valence-electron chi connectivity index (χ2n) is 7.81. The van der Waals surface area contributed by atoms with E-state index in [4.69, 9.17) is 5.73 Å². The summed E-state index contributed by atoms with van der Waals surface area (Å²) in [6.45, 7) is 8.64. The minimum atomic E-state index is -0.477. The third-order valence-corrected chi connectivity index (χ3v) is 4.17. The number of hydrogen-bond donors (Lipinski definition) is 2.